The SMILES string of the molecule is COC(=O)C1C(C)=NC2=C(C(=O)CCC2)[C@@H]1c1cccc([N+](=O)[O-])c1. The first kappa shape index (κ1) is 17.0. The van der Waals surface area contributed by atoms with Crippen molar-refractivity contribution in [1.29, 1.82) is 0 Å². The summed E-state index contributed by atoms with van der Waals surface area (Å²) in [6, 6.07) is 6.08. The van der Waals surface area contributed by atoms with Gasteiger partial charge in [-0.15, -0.1) is 0 Å². The van der Waals surface area contributed by atoms with Gasteiger partial charge in [0.2, 0.25) is 0 Å². The first-order chi connectivity index (χ1) is 11.9. The van der Waals surface area contributed by atoms with Crippen LogP contribution in [0.25, 0.3) is 0 Å². The van der Waals surface area contributed by atoms with Crippen LogP contribution in [0.5, 0.6) is 0 Å². The number of hydrogen-bond donors (Lipinski definition) is 0. The van der Waals surface area contributed by atoms with Gasteiger partial charge >= 0.3 is 5.97 Å². The summed E-state index contributed by atoms with van der Waals surface area (Å²) in [5.41, 5.74) is 2.23. The normalized spacial score (nSPS) is 23.0. The number of nitro benzene ring substituents is 1. The minimum Gasteiger partial charge on any atom is -0.468 e. The highest BCUT2D eigenvalue weighted by Gasteiger charge is 2.43. The fraction of sp³-hybridized carbons (Fsp3) is 0.389. The maximum absolute atomic E-state index is 12.6. The van der Waals surface area contributed by atoms with Gasteiger partial charge in [0.25, 0.3) is 5.69 Å². The lowest BCUT2D eigenvalue weighted by molar-refractivity contribution is -0.384. The van der Waals surface area contributed by atoms with Crippen molar-refractivity contribution in [2.24, 2.45) is 10.9 Å². The van der Waals surface area contributed by atoms with Crippen LogP contribution in [0.3, 0.4) is 0 Å². The number of carbonyl (C=O) groups excluding carboxylic acids is 2. The van der Waals surface area contributed by atoms with Crippen LogP contribution in [0.4, 0.5) is 5.69 Å². The van der Waals surface area contributed by atoms with E-state index in [2.05, 4.69) is 4.99 Å². The number of ketones is 1. The molecular formula is C18H18N2O5. The van der Waals surface area contributed by atoms with Gasteiger partial charge in [-0.3, -0.25) is 24.7 Å². The van der Waals surface area contributed by atoms with E-state index in [1.54, 1.807) is 19.1 Å². The summed E-state index contributed by atoms with van der Waals surface area (Å²) in [5.74, 6) is -1.91. The number of allylic oxidation sites excluding steroid dienone is 2. The molecule has 130 valence electrons. The van der Waals surface area contributed by atoms with Crippen LogP contribution in [0.2, 0.25) is 0 Å². The highest BCUT2D eigenvalue weighted by atomic mass is 16.6. The Hall–Kier alpha value is -2.83. The number of ether oxygens (including phenoxy) is 1. The molecule has 0 saturated carbocycles. The van der Waals surface area contributed by atoms with E-state index < -0.39 is 22.7 Å². The second kappa shape index (κ2) is 6.58. The summed E-state index contributed by atoms with van der Waals surface area (Å²) in [7, 11) is 1.28. The molecule has 7 heteroatoms. The third-order valence-electron chi connectivity index (χ3n) is 4.73. The molecule has 0 radical (unpaired) electrons. The molecule has 1 aliphatic heterocycles. The molecule has 0 amide bonds. The summed E-state index contributed by atoms with van der Waals surface area (Å²) in [6.45, 7) is 1.73. The van der Waals surface area contributed by atoms with Crippen molar-refractivity contribution in [2.75, 3.05) is 7.11 Å². The van der Waals surface area contributed by atoms with Crippen molar-refractivity contribution in [3.8, 4) is 0 Å². The molecule has 1 aromatic carbocycles. The third-order valence-corrected chi connectivity index (χ3v) is 4.73. The maximum Gasteiger partial charge on any atom is 0.315 e. The average Bonchev–Trinajstić information content (AvgIpc) is 2.60. The Morgan fingerprint density at radius 2 is 2.12 bits per heavy atom. The molecule has 0 saturated heterocycles. The fourth-order valence-electron chi connectivity index (χ4n) is 3.63. The van der Waals surface area contributed by atoms with E-state index in [-0.39, 0.29) is 11.5 Å². The van der Waals surface area contributed by atoms with Crippen LogP contribution >= 0.6 is 0 Å². The first-order valence-corrected chi connectivity index (χ1v) is 8.07. The Kier molecular flexibility index (Phi) is 4.48. The molecule has 1 aliphatic carbocycles. The van der Waals surface area contributed by atoms with Crippen molar-refractivity contribution in [3.05, 3.63) is 51.2 Å². The molecule has 7 nitrogen and oxygen atoms in total. The number of Topliss-reactive ketones (excluding diaryl/α,β-unsaturated/α-hetero) is 1. The van der Waals surface area contributed by atoms with E-state index in [1.807, 2.05) is 0 Å². The number of hydrogen-bond acceptors (Lipinski definition) is 6. The Morgan fingerprint density at radius 1 is 1.36 bits per heavy atom. The van der Waals surface area contributed by atoms with Crippen LogP contribution in [-0.2, 0) is 14.3 Å². The zero-order chi connectivity index (χ0) is 18.1. The number of benzene rings is 1. The molecule has 2 atom stereocenters. The lowest BCUT2D eigenvalue weighted by Crippen LogP contribution is -2.36. The number of esters is 1. The van der Waals surface area contributed by atoms with Crippen molar-refractivity contribution < 1.29 is 19.2 Å². The van der Waals surface area contributed by atoms with Crippen LogP contribution < -0.4 is 0 Å². The van der Waals surface area contributed by atoms with Gasteiger partial charge in [0.15, 0.2) is 5.78 Å². The summed E-state index contributed by atoms with van der Waals surface area (Å²) >= 11 is 0. The second-order valence-corrected chi connectivity index (χ2v) is 6.22. The molecule has 25 heavy (non-hydrogen) atoms. The molecule has 3 rings (SSSR count). The van der Waals surface area contributed by atoms with Crippen molar-refractivity contribution in [1.82, 2.24) is 0 Å². The molecule has 0 spiro atoms. The lowest BCUT2D eigenvalue weighted by atomic mass is 9.71. The highest BCUT2D eigenvalue weighted by molar-refractivity contribution is 6.08. The quantitative estimate of drug-likeness (QED) is 0.478. The number of methoxy groups -OCH3 is 1. The topological polar surface area (TPSA) is 98.9 Å². The summed E-state index contributed by atoms with van der Waals surface area (Å²) < 4.78 is 4.92. The summed E-state index contributed by atoms with van der Waals surface area (Å²) in [4.78, 5) is 40.1. The van der Waals surface area contributed by atoms with E-state index >= 15 is 0 Å². The second-order valence-electron chi connectivity index (χ2n) is 6.22. The van der Waals surface area contributed by atoms with Crippen molar-refractivity contribution in [3.63, 3.8) is 0 Å². The van der Waals surface area contributed by atoms with Gasteiger partial charge in [0, 0.05) is 41.5 Å². The molecule has 0 aromatic heterocycles. The maximum atomic E-state index is 12.6. The minimum atomic E-state index is -0.757. The summed E-state index contributed by atoms with van der Waals surface area (Å²) in [6.07, 6.45) is 1.78. The Labute approximate surface area is 144 Å². The molecule has 0 fully saturated rings. The van der Waals surface area contributed by atoms with Gasteiger partial charge in [0.05, 0.1) is 12.0 Å². The van der Waals surface area contributed by atoms with Crippen LogP contribution in [0.15, 0.2) is 40.5 Å². The predicted molar refractivity (Wildman–Crippen MR) is 90.3 cm³/mol. The lowest BCUT2D eigenvalue weighted by Gasteiger charge is -2.34. The molecule has 1 heterocycles. The number of rotatable bonds is 3. The molecule has 1 unspecified atom stereocenters. The summed E-state index contributed by atoms with van der Waals surface area (Å²) in [5, 5.41) is 11.1. The van der Waals surface area contributed by atoms with Crippen LogP contribution in [-0.4, -0.2) is 29.5 Å². The molecular weight excluding hydrogens is 324 g/mol. The van der Waals surface area contributed by atoms with E-state index in [9.17, 15) is 19.7 Å². The minimum absolute atomic E-state index is 0.0529. The predicted octanol–water partition coefficient (Wildman–Crippen LogP) is 2.95. The van der Waals surface area contributed by atoms with Gasteiger partial charge in [-0.25, -0.2) is 0 Å². The van der Waals surface area contributed by atoms with Gasteiger partial charge in [0.1, 0.15) is 5.92 Å². The number of nitrogens with zero attached hydrogens (tertiary/aromatic N) is 2. The van der Waals surface area contributed by atoms with E-state index in [4.69, 9.17) is 4.74 Å². The van der Waals surface area contributed by atoms with Gasteiger partial charge in [-0.1, -0.05) is 12.1 Å². The Balaban J connectivity index is 2.20. The molecule has 0 bridgehead atoms. The highest BCUT2D eigenvalue weighted by Crippen LogP contribution is 2.44. The van der Waals surface area contributed by atoms with E-state index in [0.717, 1.165) is 6.42 Å². The molecule has 1 aromatic rings. The van der Waals surface area contributed by atoms with Crippen LogP contribution in [0.1, 0.15) is 37.7 Å². The Bertz CT molecular complexity index is 825. The van der Waals surface area contributed by atoms with Crippen molar-refractivity contribution in [2.45, 2.75) is 32.1 Å². The van der Waals surface area contributed by atoms with Gasteiger partial charge < -0.3 is 4.74 Å². The average molecular weight is 342 g/mol. The standard InChI is InChI=1S/C18H18N2O5/c1-10-15(18(22)25-2)16(11-5-3-6-12(9-11)20(23)24)17-13(19-10)7-4-8-14(17)21/h3,5-6,9,15-16H,4,7-8H2,1-2H3/t15?,16-/m1/s1. The Morgan fingerprint density at radius 3 is 2.80 bits per heavy atom. The van der Waals surface area contributed by atoms with Crippen LogP contribution in [0, 0.1) is 16.0 Å². The molecule has 2 aliphatic rings. The smallest absolute Gasteiger partial charge is 0.315 e. The van der Waals surface area contributed by atoms with E-state index in [0.29, 0.717) is 35.4 Å². The third kappa shape index (κ3) is 2.97. The number of nitro groups is 1. The van der Waals surface area contributed by atoms with Gasteiger partial charge in [-0.05, 0) is 25.3 Å². The molecule has 0 N–H and O–H groups in total. The number of aliphatic imine (C=N–C) groups is 1. The van der Waals surface area contributed by atoms with E-state index in [1.165, 1.54) is 19.2 Å². The largest absolute Gasteiger partial charge is 0.468 e. The zero-order valence-electron chi connectivity index (χ0n) is 14.0. The van der Waals surface area contributed by atoms with Crippen molar-refractivity contribution >= 4 is 23.2 Å². The first-order valence-electron chi connectivity index (χ1n) is 8.07. The monoisotopic (exact) mass is 342 g/mol. The number of non-ortho nitro benzene ring substituents is 1. The fourth-order valence-corrected chi connectivity index (χ4v) is 3.63. The zero-order valence-corrected chi connectivity index (χ0v) is 14.0. The van der Waals surface area contributed by atoms with Gasteiger partial charge in [-0.2, -0.15) is 0 Å². The number of carbonyl (C=O) groups is 2.